The first-order chi connectivity index (χ1) is 10.1. The lowest BCUT2D eigenvalue weighted by molar-refractivity contribution is -0.123. The van der Waals surface area contributed by atoms with Crippen LogP contribution in [0.3, 0.4) is 0 Å². The van der Waals surface area contributed by atoms with Gasteiger partial charge in [0, 0.05) is 6.04 Å². The molecule has 5 nitrogen and oxygen atoms in total. The first-order valence-electron chi connectivity index (χ1n) is 7.39. The number of amides is 1. The molecule has 1 atom stereocenters. The summed E-state index contributed by atoms with van der Waals surface area (Å²) >= 11 is 0. The average molecular weight is 294 g/mol. The molecule has 0 saturated carbocycles. The summed E-state index contributed by atoms with van der Waals surface area (Å²) in [5.41, 5.74) is 6.62. The fourth-order valence-corrected chi connectivity index (χ4v) is 2.12. The Morgan fingerprint density at radius 2 is 2.14 bits per heavy atom. The van der Waals surface area contributed by atoms with Gasteiger partial charge in [-0.25, -0.2) is 0 Å². The Labute approximate surface area is 126 Å². The van der Waals surface area contributed by atoms with E-state index in [1.54, 1.807) is 7.11 Å². The minimum absolute atomic E-state index is 0.0132. The normalized spacial score (nSPS) is 11.8. The van der Waals surface area contributed by atoms with Crippen molar-refractivity contribution in [3.63, 3.8) is 0 Å². The van der Waals surface area contributed by atoms with Crippen LogP contribution in [0.4, 0.5) is 0 Å². The van der Waals surface area contributed by atoms with E-state index in [0.29, 0.717) is 18.0 Å². The molecule has 0 aliphatic heterocycles. The van der Waals surface area contributed by atoms with Crippen LogP contribution in [0.5, 0.6) is 11.5 Å². The number of carbonyl (C=O) groups excluding carboxylic acids is 1. The fourth-order valence-electron chi connectivity index (χ4n) is 2.12. The minimum Gasteiger partial charge on any atom is -0.493 e. The van der Waals surface area contributed by atoms with E-state index in [0.717, 1.165) is 24.8 Å². The van der Waals surface area contributed by atoms with Gasteiger partial charge in [-0.2, -0.15) is 0 Å². The SMILES string of the molecule is CCCC(C)NC(=O)COc1ccc(CCN)cc1OC. The lowest BCUT2D eigenvalue weighted by Gasteiger charge is -2.15. The third-order valence-corrected chi connectivity index (χ3v) is 3.15. The quantitative estimate of drug-likeness (QED) is 0.729. The summed E-state index contributed by atoms with van der Waals surface area (Å²) in [5.74, 6) is 1.07. The van der Waals surface area contributed by atoms with Gasteiger partial charge >= 0.3 is 0 Å². The van der Waals surface area contributed by atoms with Gasteiger partial charge in [0.2, 0.25) is 0 Å². The molecule has 1 unspecified atom stereocenters. The highest BCUT2D eigenvalue weighted by Gasteiger charge is 2.10. The van der Waals surface area contributed by atoms with Crippen LogP contribution in [0.1, 0.15) is 32.3 Å². The van der Waals surface area contributed by atoms with Crippen molar-refractivity contribution in [1.29, 1.82) is 0 Å². The lowest BCUT2D eigenvalue weighted by atomic mass is 10.1. The van der Waals surface area contributed by atoms with Crippen LogP contribution in [0.2, 0.25) is 0 Å². The van der Waals surface area contributed by atoms with Crippen LogP contribution in [0.15, 0.2) is 18.2 Å². The standard InChI is InChI=1S/C16H26N2O3/c1-4-5-12(2)18-16(19)11-21-14-7-6-13(8-9-17)10-15(14)20-3/h6-7,10,12H,4-5,8-9,11,17H2,1-3H3,(H,18,19). The maximum Gasteiger partial charge on any atom is 0.258 e. The van der Waals surface area contributed by atoms with Crippen LogP contribution >= 0.6 is 0 Å². The maximum atomic E-state index is 11.8. The van der Waals surface area contributed by atoms with Gasteiger partial charge in [-0.15, -0.1) is 0 Å². The predicted octanol–water partition coefficient (Wildman–Crippen LogP) is 1.88. The van der Waals surface area contributed by atoms with Crippen molar-refractivity contribution < 1.29 is 14.3 Å². The molecule has 1 rings (SSSR count). The smallest absolute Gasteiger partial charge is 0.258 e. The van der Waals surface area contributed by atoms with Crippen molar-refractivity contribution in [2.45, 2.75) is 39.2 Å². The van der Waals surface area contributed by atoms with E-state index in [4.69, 9.17) is 15.2 Å². The Kier molecular flexibility index (Phi) is 7.61. The molecule has 0 aromatic heterocycles. The molecule has 0 bridgehead atoms. The van der Waals surface area contributed by atoms with Gasteiger partial charge in [-0.1, -0.05) is 19.4 Å². The average Bonchev–Trinajstić information content (AvgIpc) is 2.46. The Balaban J connectivity index is 2.56. The van der Waals surface area contributed by atoms with Gasteiger partial charge in [0.05, 0.1) is 7.11 Å². The van der Waals surface area contributed by atoms with Crippen molar-refractivity contribution in [2.24, 2.45) is 5.73 Å². The summed E-state index contributed by atoms with van der Waals surface area (Å²) in [6.45, 7) is 4.65. The van der Waals surface area contributed by atoms with Crippen molar-refractivity contribution in [3.05, 3.63) is 23.8 Å². The largest absolute Gasteiger partial charge is 0.493 e. The molecular weight excluding hydrogens is 268 g/mol. The summed E-state index contributed by atoms with van der Waals surface area (Å²) in [4.78, 5) is 11.8. The first-order valence-corrected chi connectivity index (χ1v) is 7.39. The van der Waals surface area contributed by atoms with Gasteiger partial charge in [0.25, 0.3) is 5.91 Å². The zero-order valence-corrected chi connectivity index (χ0v) is 13.1. The summed E-state index contributed by atoms with van der Waals surface area (Å²) in [5, 5.41) is 2.90. The van der Waals surface area contributed by atoms with Gasteiger partial charge in [0.1, 0.15) is 0 Å². The number of nitrogens with one attached hydrogen (secondary N) is 1. The number of benzene rings is 1. The molecule has 1 amide bonds. The second kappa shape index (κ2) is 9.23. The summed E-state index contributed by atoms with van der Waals surface area (Å²) in [6, 6.07) is 5.80. The molecule has 0 spiro atoms. The molecule has 1 aromatic carbocycles. The molecular formula is C16H26N2O3. The van der Waals surface area contributed by atoms with E-state index in [2.05, 4.69) is 12.2 Å². The fraction of sp³-hybridized carbons (Fsp3) is 0.562. The lowest BCUT2D eigenvalue weighted by Crippen LogP contribution is -2.35. The molecule has 1 aromatic rings. The molecule has 0 aliphatic rings. The third kappa shape index (κ3) is 6.04. The van der Waals surface area contributed by atoms with Crippen molar-refractivity contribution >= 4 is 5.91 Å². The zero-order valence-electron chi connectivity index (χ0n) is 13.1. The van der Waals surface area contributed by atoms with Gasteiger partial charge < -0.3 is 20.5 Å². The number of rotatable bonds is 9. The number of ether oxygens (including phenoxy) is 2. The third-order valence-electron chi connectivity index (χ3n) is 3.15. The van der Waals surface area contributed by atoms with E-state index in [1.165, 1.54) is 0 Å². The molecule has 0 fully saturated rings. The van der Waals surface area contributed by atoms with E-state index in [-0.39, 0.29) is 18.6 Å². The van der Waals surface area contributed by atoms with E-state index < -0.39 is 0 Å². The monoisotopic (exact) mass is 294 g/mol. The van der Waals surface area contributed by atoms with Crippen LogP contribution in [-0.2, 0) is 11.2 Å². The van der Waals surface area contributed by atoms with Gasteiger partial charge in [0.15, 0.2) is 18.1 Å². The van der Waals surface area contributed by atoms with Crippen LogP contribution in [0.25, 0.3) is 0 Å². The Hall–Kier alpha value is -1.75. The highest BCUT2D eigenvalue weighted by atomic mass is 16.5. The molecule has 0 radical (unpaired) electrons. The molecule has 0 saturated heterocycles. The molecule has 0 heterocycles. The number of methoxy groups -OCH3 is 1. The minimum atomic E-state index is -0.121. The molecule has 3 N–H and O–H groups in total. The Morgan fingerprint density at radius 3 is 2.76 bits per heavy atom. The first kappa shape index (κ1) is 17.3. The van der Waals surface area contributed by atoms with Crippen LogP contribution < -0.4 is 20.5 Å². The molecule has 5 heteroatoms. The summed E-state index contributed by atoms with van der Waals surface area (Å²) in [7, 11) is 1.58. The number of hydrogen-bond acceptors (Lipinski definition) is 4. The topological polar surface area (TPSA) is 73.6 Å². The maximum absolute atomic E-state index is 11.8. The summed E-state index contributed by atoms with van der Waals surface area (Å²) in [6.07, 6.45) is 2.78. The second-order valence-corrected chi connectivity index (χ2v) is 5.07. The van der Waals surface area contributed by atoms with Crippen LogP contribution in [0, 0.1) is 0 Å². The predicted molar refractivity (Wildman–Crippen MR) is 83.8 cm³/mol. The van der Waals surface area contributed by atoms with E-state index in [1.807, 2.05) is 25.1 Å². The molecule has 0 aliphatic carbocycles. The molecule has 21 heavy (non-hydrogen) atoms. The molecule has 118 valence electrons. The Morgan fingerprint density at radius 1 is 1.38 bits per heavy atom. The van der Waals surface area contributed by atoms with Crippen LogP contribution in [-0.4, -0.2) is 32.2 Å². The second-order valence-electron chi connectivity index (χ2n) is 5.07. The van der Waals surface area contributed by atoms with Crippen molar-refractivity contribution in [3.8, 4) is 11.5 Å². The Bertz CT molecular complexity index is 449. The summed E-state index contributed by atoms with van der Waals surface area (Å²) < 4.78 is 10.8. The zero-order chi connectivity index (χ0) is 15.7. The van der Waals surface area contributed by atoms with E-state index >= 15 is 0 Å². The van der Waals surface area contributed by atoms with Crippen molar-refractivity contribution in [1.82, 2.24) is 5.32 Å². The van der Waals surface area contributed by atoms with Gasteiger partial charge in [-0.3, -0.25) is 4.79 Å². The van der Waals surface area contributed by atoms with Crippen molar-refractivity contribution in [2.75, 3.05) is 20.3 Å². The van der Waals surface area contributed by atoms with E-state index in [9.17, 15) is 4.79 Å². The highest BCUT2D eigenvalue weighted by molar-refractivity contribution is 5.77. The number of hydrogen-bond donors (Lipinski definition) is 2. The number of carbonyl (C=O) groups is 1. The highest BCUT2D eigenvalue weighted by Crippen LogP contribution is 2.28. The number of nitrogens with two attached hydrogens (primary N) is 1. The van der Waals surface area contributed by atoms with Gasteiger partial charge in [-0.05, 0) is 44.0 Å².